The highest BCUT2D eigenvalue weighted by Gasteiger charge is 2.23. The molecule has 4 rings (SSSR count). The first-order valence-electron chi connectivity index (χ1n) is 8.86. The molecule has 1 atom stereocenters. The fourth-order valence-electron chi connectivity index (χ4n) is 3.50. The van der Waals surface area contributed by atoms with Crippen molar-refractivity contribution in [2.75, 3.05) is 50.0 Å². The molecule has 7 nitrogen and oxygen atoms in total. The van der Waals surface area contributed by atoms with Gasteiger partial charge in [-0.3, -0.25) is 9.88 Å². The number of nitrogen functional groups attached to an aromatic ring is 1. The quantitative estimate of drug-likeness (QED) is 0.898. The van der Waals surface area contributed by atoms with Crippen LogP contribution in [0.25, 0.3) is 0 Å². The monoisotopic (exact) mass is 340 g/mol. The summed E-state index contributed by atoms with van der Waals surface area (Å²) in [4.78, 5) is 17.8. The Balaban J connectivity index is 1.40. The van der Waals surface area contributed by atoms with Crippen molar-refractivity contribution in [3.63, 3.8) is 0 Å². The maximum Gasteiger partial charge on any atom is 0.222 e. The zero-order valence-electron chi connectivity index (χ0n) is 14.3. The summed E-state index contributed by atoms with van der Waals surface area (Å²) in [6.45, 7) is 6.36. The third-order valence-corrected chi connectivity index (χ3v) is 4.92. The van der Waals surface area contributed by atoms with Gasteiger partial charge in [0.05, 0.1) is 12.3 Å². The summed E-state index contributed by atoms with van der Waals surface area (Å²) >= 11 is 0. The summed E-state index contributed by atoms with van der Waals surface area (Å²) in [5.74, 6) is 1.64. The van der Waals surface area contributed by atoms with Crippen molar-refractivity contribution in [2.24, 2.45) is 0 Å². The number of piperazine rings is 1. The van der Waals surface area contributed by atoms with E-state index in [-0.39, 0.29) is 0 Å². The van der Waals surface area contributed by atoms with Gasteiger partial charge in [-0.2, -0.15) is 4.98 Å². The molecule has 2 aromatic rings. The van der Waals surface area contributed by atoms with E-state index in [1.165, 1.54) is 5.56 Å². The molecule has 2 aromatic heterocycles. The average molecular weight is 340 g/mol. The third kappa shape index (κ3) is 3.88. The van der Waals surface area contributed by atoms with Crippen LogP contribution >= 0.6 is 0 Å². The topological polar surface area (TPSA) is 80.4 Å². The molecule has 0 bridgehead atoms. The van der Waals surface area contributed by atoms with E-state index in [0.29, 0.717) is 11.9 Å². The third-order valence-electron chi connectivity index (χ3n) is 4.92. The van der Waals surface area contributed by atoms with Gasteiger partial charge in [0.25, 0.3) is 0 Å². The average Bonchev–Trinajstić information content (AvgIpc) is 3.17. The molecule has 0 radical (unpaired) electrons. The Morgan fingerprint density at radius 2 is 2.08 bits per heavy atom. The highest BCUT2D eigenvalue weighted by atomic mass is 16.5. The van der Waals surface area contributed by atoms with Crippen molar-refractivity contribution in [3.05, 3.63) is 41.9 Å². The molecule has 2 N–H and O–H groups in total. The van der Waals surface area contributed by atoms with Gasteiger partial charge in [0.2, 0.25) is 5.95 Å². The van der Waals surface area contributed by atoms with Gasteiger partial charge >= 0.3 is 0 Å². The fraction of sp³-hybridized carbons (Fsp3) is 0.500. The first-order chi connectivity index (χ1) is 12.3. The Bertz CT molecular complexity index is 696. The molecule has 2 saturated heterocycles. The molecule has 25 heavy (non-hydrogen) atoms. The summed E-state index contributed by atoms with van der Waals surface area (Å²) in [6.07, 6.45) is 4.76. The molecular weight excluding hydrogens is 316 g/mol. The Hall–Kier alpha value is -2.25. The summed E-state index contributed by atoms with van der Waals surface area (Å²) in [5.41, 5.74) is 8.22. The number of ether oxygens (including phenoxy) is 1. The molecule has 0 unspecified atom stereocenters. The molecule has 2 fully saturated rings. The van der Waals surface area contributed by atoms with Crippen molar-refractivity contribution in [1.29, 1.82) is 0 Å². The first kappa shape index (κ1) is 16.2. The van der Waals surface area contributed by atoms with Gasteiger partial charge in [-0.25, -0.2) is 4.98 Å². The number of nitrogens with zero attached hydrogens (tertiary/aromatic N) is 5. The van der Waals surface area contributed by atoms with Crippen molar-refractivity contribution in [1.82, 2.24) is 19.9 Å². The van der Waals surface area contributed by atoms with Crippen LogP contribution in [0.1, 0.15) is 23.6 Å². The summed E-state index contributed by atoms with van der Waals surface area (Å²) < 4.78 is 5.48. The minimum absolute atomic E-state index is 0.343. The second-order valence-corrected chi connectivity index (χ2v) is 6.69. The minimum Gasteiger partial charge on any atom is -0.381 e. The first-order valence-corrected chi connectivity index (χ1v) is 8.86. The van der Waals surface area contributed by atoms with Crippen LogP contribution in [0.3, 0.4) is 0 Å². The Morgan fingerprint density at radius 3 is 2.80 bits per heavy atom. The van der Waals surface area contributed by atoms with Gasteiger partial charge < -0.3 is 15.4 Å². The summed E-state index contributed by atoms with van der Waals surface area (Å²) in [7, 11) is 0. The van der Waals surface area contributed by atoms with Crippen LogP contribution in [0, 0.1) is 0 Å². The van der Waals surface area contributed by atoms with Crippen molar-refractivity contribution < 1.29 is 4.74 Å². The molecule has 132 valence electrons. The maximum atomic E-state index is 5.96. The normalized spacial score (nSPS) is 21.6. The zero-order chi connectivity index (χ0) is 17.1. The number of pyridine rings is 1. The van der Waals surface area contributed by atoms with E-state index >= 15 is 0 Å². The Morgan fingerprint density at radius 1 is 1.20 bits per heavy atom. The number of rotatable bonds is 4. The van der Waals surface area contributed by atoms with E-state index in [1.807, 2.05) is 18.5 Å². The van der Waals surface area contributed by atoms with Gasteiger partial charge in [-0.05, 0) is 18.1 Å². The maximum absolute atomic E-state index is 5.96. The van der Waals surface area contributed by atoms with Crippen LogP contribution in [0.15, 0.2) is 30.6 Å². The number of aromatic nitrogens is 3. The summed E-state index contributed by atoms with van der Waals surface area (Å²) in [5, 5.41) is 0. The molecule has 0 aromatic carbocycles. The number of hydrogen-bond acceptors (Lipinski definition) is 7. The number of hydrogen-bond donors (Lipinski definition) is 1. The fourth-order valence-corrected chi connectivity index (χ4v) is 3.50. The van der Waals surface area contributed by atoms with E-state index in [1.54, 1.807) is 0 Å². The molecule has 2 aliphatic rings. The zero-order valence-corrected chi connectivity index (χ0v) is 14.3. The number of nitrogens with two attached hydrogens (primary N) is 1. The van der Waals surface area contributed by atoms with Crippen LogP contribution in [0.5, 0.6) is 0 Å². The molecule has 0 saturated carbocycles. The van der Waals surface area contributed by atoms with Gasteiger partial charge in [-0.1, -0.05) is 6.07 Å². The van der Waals surface area contributed by atoms with E-state index in [4.69, 9.17) is 10.5 Å². The molecule has 4 heterocycles. The van der Waals surface area contributed by atoms with Gasteiger partial charge in [0.1, 0.15) is 5.82 Å². The lowest BCUT2D eigenvalue weighted by molar-refractivity contribution is 0.193. The van der Waals surface area contributed by atoms with Crippen molar-refractivity contribution in [3.8, 4) is 0 Å². The predicted octanol–water partition coefficient (Wildman–Crippen LogP) is 1.28. The molecule has 7 heteroatoms. The van der Waals surface area contributed by atoms with E-state index in [0.717, 1.165) is 63.9 Å². The minimum atomic E-state index is 0.343. The second kappa shape index (κ2) is 7.33. The Labute approximate surface area is 147 Å². The lowest BCUT2D eigenvalue weighted by atomic mass is 10.0. The van der Waals surface area contributed by atoms with Crippen LogP contribution in [-0.4, -0.2) is 59.2 Å². The smallest absolute Gasteiger partial charge is 0.222 e. The van der Waals surface area contributed by atoms with Crippen LogP contribution in [0.4, 0.5) is 11.8 Å². The van der Waals surface area contributed by atoms with Crippen molar-refractivity contribution >= 4 is 11.8 Å². The second-order valence-electron chi connectivity index (χ2n) is 6.69. The van der Waals surface area contributed by atoms with E-state index in [9.17, 15) is 0 Å². The van der Waals surface area contributed by atoms with Crippen LogP contribution < -0.4 is 10.6 Å². The Kier molecular flexibility index (Phi) is 4.76. The van der Waals surface area contributed by atoms with E-state index in [2.05, 4.69) is 36.9 Å². The highest BCUT2D eigenvalue weighted by Crippen LogP contribution is 2.27. The molecule has 0 spiro atoms. The largest absolute Gasteiger partial charge is 0.381 e. The van der Waals surface area contributed by atoms with Gasteiger partial charge in [0, 0.05) is 63.7 Å². The molecule has 0 amide bonds. The highest BCUT2D eigenvalue weighted by molar-refractivity contribution is 5.45. The van der Waals surface area contributed by atoms with Crippen LogP contribution in [0.2, 0.25) is 0 Å². The lowest BCUT2D eigenvalue weighted by Gasteiger charge is -2.35. The van der Waals surface area contributed by atoms with Crippen LogP contribution in [-0.2, 0) is 11.3 Å². The SMILES string of the molecule is Nc1nc([C@H]2CCOC2)cc(N2CCN(Cc3cccnc3)CC2)n1. The lowest BCUT2D eigenvalue weighted by Crippen LogP contribution is -2.46. The molecular formula is C18H24N6O. The van der Waals surface area contributed by atoms with E-state index < -0.39 is 0 Å². The van der Waals surface area contributed by atoms with Gasteiger partial charge in [0.15, 0.2) is 0 Å². The summed E-state index contributed by atoms with van der Waals surface area (Å²) in [6, 6.07) is 6.20. The van der Waals surface area contributed by atoms with Gasteiger partial charge in [-0.15, -0.1) is 0 Å². The molecule has 2 aliphatic heterocycles. The standard InChI is InChI=1S/C18H24N6O/c19-18-21-16(15-3-9-25-13-15)10-17(22-18)24-7-5-23(6-8-24)12-14-2-1-4-20-11-14/h1-2,4,10-11,15H,3,5-9,12-13H2,(H2,19,21,22)/t15-/m0/s1. The van der Waals surface area contributed by atoms with Crippen molar-refractivity contribution in [2.45, 2.75) is 18.9 Å². The molecule has 0 aliphatic carbocycles. The number of anilines is 2. The predicted molar refractivity (Wildman–Crippen MR) is 96.3 cm³/mol.